The quantitative estimate of drug-likeness (QED) is 0.782. The van der Waals surface area contributed by atoms with Crippen LogP contribution in [-0.2, 0) is 4.79 Å². The van der Waals surface area contributed by atoms with Crippen LogP contribution in [0.2, 0.25) is 0 Å². The van der Waals surface area contributed by atoms with Crippen molar-refractivity contribution in [2.75, 3.05) is 18.8 Å². The SMILES string of the molecule is CC1(CNC(=O)N(CCC(=O)O)C2CC2)CCCS1. The molecule has 1 aliphatic heterocycles. The highest BCUT2D eigenvalue weighted by molar-refractivity contribution is 8.00. The van der Waals surface area contributed by atoms with Gasteiger partial charge in [0.15, 0.2) is 0 Å². The number of carboxylic acids is 1. The summed E-state index contributed by atoms with van der Waals surface area (Å²) in [6.45, 7) is 3.17. The molecular weight excluding hydrogens is 264 g/mol. The number of nitrogens with one attached hydrogen (secondary N) is 1. The molecule has 0 radical (unpaired) electrons. The molecule has 1 unspecified atom stereocenters. The summed E-state index contributed by atoms with van der Waals surface area (Å²) in [5.74, 6) is 0.314. The molecule has 0 aromatic rings. The van der Waals surface area contributed by atoms with Crippen LogP contribution in [0.15, 0.2) is 0 Å². The summed E-state index contributed by atoms with van der Waals surface area (Å²) >= 11 is 1.91. The van der Waals surface area contributed by atoms with Gasteiger partial charge in [0.25, 0.3) is 0 Å². The highest BCUT2D eigenvalue weighted by Gasteiger charge is 2.34. The van der Waals surface area contributed by atoms with Gasteiger partial charge < -0.3 is 15.3 Å². The van der Waals surface area contributed by atoms with E-state index in [-0.39, 0.29) is 23.2 Å². The predicted molar refractivity (Wildman–Crippen MR) is 75.5 cm³/mol. The predicted octanol–water partition coefficient (Wildman–Crippen LogP) is 1.92. The zero-order valence-corrected chi connectivity index (χ0v) is 12.2. The van der Waals surface area contributed by atoms with Gasteiger partial charge in [-0.25, -0.2) is 4.79 Å². The Kier molecular flexibility index (Phi) is 4.60. The molecule has 0 aromatic carbocycles. The lowest BCUT2D eigenvalue weighted by molar-refractivity contribution is -0.137. The van der Waals surface area contributed by atoms with Crippen molar-refractivity contribution in [1.82, 2.24) is 10.2 Å². The monoisotopic (exact) mass is 286 g/mol. The summed E-state index contributed by atoms with van der Waals surface area (Å²) in [6, 6.07) is 0.154. The van der Waals surface area contributed by atoms with Crippen LogP contribution in [0.4, 0.5) is 4.79 Å². The summed E-state index contributed by atoms with van der Waals surface area (Å²) < 4.78 is 0.150. The number of carboxylic acid groups (broad SMARTS) is 1. The van der Waals surface area contributed by atoms with Gasteiger partial charge >= 0.3 is 12.0 Å². The van der Waals surface area contributed by atoms with Gasteiger partial charge in [-0.2, -0.15) is 11.8 Å². The molecular formula is C13H22N2O3S. The van der Waals surface area contributed by atoms with Crippen LogP contribution in [0, 0.1) is 0 Å². The Morgan fingerprint density at radius 3 is 2.74 bits per heavy atom. The minimum atomic E-state index is -0.850. The molecule has 1 aliphatic carbocycles. The first-order valence-corrected chi connectivity index (χ1v) is 7.89. The molecule has 0 bridgehead atoms. The standard InChI is InChI=1S/C13H22N2O3S/c1-13(6-2-8-19-13)9-14-12(18)15(10-3-4-10)7-5-11(16)17/h10H,2-9H2,1H3,(H,14,18)(H,16,17). The number of amides is 2. The Morgan fingerprint density at radius 1 is 1.47 bits per heavy atom. The van der Waals surface area contributed by atoms with Crippen molar-refractivity contribution >= 4 is 23.8 Å². The topological polar surface area (TPSA) is 69.6 Å². The molecule has 19 heavy (non-hydrogen) atoms. The Morgan fingerprint density at radius 2 is 2.21 bits per heavy atom. The molecule has 2 N–H and O–H groups in total. The minimum absolute atomic E-state index is 0.0237. The molecule has 108 valence electrons. The second-order valence-electron chi connectivity index (χ2n) is 5.63. The largest absolute Gasteiger partial charge is 0.481 e. The number of thioether (sulfide) groups is 1. The molecule has 1 saturated carbocycles. The number of aliphatic carboxylic acids is 1. The number of hydrogen-bond acceptors (Lipinski definition) is 3. The van der Waals surface area contributed by atoms with Crippen LogP contribution in [0.5, 0.6) is 0 Å². The lowest BCUT2D eigenvalue weighted by Crippen LogP contribution is -2.46. The van der Waals surface area contributed by atoms with Crippen molar-refractivity contribution in [3.05, 3.63) is 0 Å². The van der Waals surface area contributed by atoms with Gasteiger partial charge in [-0.05, 0) is 38.4 Å². The van der Waals surface area contributed by atoms with E-state index in [0.717, 1.165) is 25.0 Å². The van der Waals surface area contributed by atoms with E-state index in [1.54, 1.807) is 4.90 Å². The Bertz CT molecular complexity index is 352. The minimum Gasteiger partial charge on any atom is -0.481 e. The van der Waals surface area contributed by atoms with Gasteiger partial charge in [0.05, 0.1) is 6.42 Å². The molecule has 1 atom stereocenters. The molecule has 1 heterocycles. The van der Waals surface area contributed by atoms with Crippen LogP contribution in [0.3, 0.4) is 0 Å². The third-order valence-corrected chi connectivity index (χ3v) is 5.27. The van der Waals surface area contributed by atoms with Crippen molar-refractivity contribution in [3.63, 3.8) is 0 Å². The van der Waals surface area contributed by atoms with E-state index in [0.29, 0.717) is 13.1 Å². The number of carbonyl (C=O) groups is 2. The van der Waals surface area contributed by atoms with Crippen molar-refractivity contribution in [1.29, 1.82) is 0 Å². The summed E-state index contributed by atoms with van der Waals surface area (Å²) in [4.78, 5) is 24.5. The molecule has 2 amide bonds. The Balaban J connectivity index is 1.80. The zero-order valence-electron chi connectivity index (χ0n) is 11.4. The molecule has 1 saturated heterocycles. The zero-order chi connectivity index (χ0) is 13.9. The van der Waals surface area contributed by atoms with E-state index >= 15 is 0 Å². The fraction of sp³-hybridized carbons (Fsp3) is 0.846. The van der Waals surface area contributed by atoms with E-state index < -0.39 is 5.97 Å². The van der Waals surface area contributed by atoms with Crippen LogP contribution in [-0.4, -0.2) is 51.6 Å². The van der Waals surface area contributed by atoms with Crippen LogP contribution >= 0.6 is 11.8 Å². The molecule has 2 rings (SSSR count). The fourth-order valence-corrected chi connectivity index (χ4v) is 3.64. The van der Waals surface area contributed by atoms with Gasteiger partial charge in [-0.15, -0.1) is 0 Å². The summed E-state index contributed by atoms with van der Waals surface area (Å²) in [7, 11) is 0. The molecule has 0 spiro atoms. The number of hydrogen-bond donors (Lipinski definition) is 2. The highest BCUT2D eigenvalue weighted by Crippen LogP contribution is 2.37. The van der Waals surface area contributed by atoms with Crippen LogP contribution in [0.25, 0.3) is 0 Å². The van der Waals surface area contributed by atoms with Crippen molar-refractivity contribution in [2.24, 2.45) is 0 Å². The van der Waals surface area contributed by atoms with E-state index in [4.69, 9.17) is 5.11 Å². The van der Waals surface area contributed by atoms with Gasteiger partial charge in [0, 0.05) is 23.9 Å². The first kappa shape index (κ1) is 14.5. The maximum atomic E-state index is 12.1. The van der Waals surface area contributed by atoms with Gasteiger partial charge in [0.1, 0.15) is 0 Å². The first-order valence-electron chi connectivity index (χ1n) is 6.90. The third kappa shape index (κ3) is 4.30. The molecule has 6 heteroatoms. The molecule has 2 aliphatic rings. The van der Waals surface area contributed by atoms with Gasteiger partial charge in [-0.1, -0.05) is 0 Å². The van der Waals surface area contributed by atoms with E-state index in [2.05, 4.69) is 12.2 Å². The summed E-state index contributed by atoms with van der Waals surface area (Å²) in [5.41, 5.74) is 0. The smallest absolute Gasteiger partial charge is 0.317 e. The normalized spacial score (nSPS) is 26.2. The van der Waals surface area contributed by atoms with Crippen molar-refractivity contribution in [2.45, 2.75) is 49.8 Å². The second-order valence-corrected chi connectivity index (χ2v) is 7.31. The summed E-state index contributed by atoms with van der Waals surface area (Å²) in [5, 5.41) is 11.7. The Hall–Kier alpha value is -0.910. The van der Waals surface area contributed by atoms with E-state index in [9.17, 15) is 9.59 Å². The molecule has 0 aromatic heterocycles. The number of rotatable bonds is 6. The first-order chi connectivity index (χ1) is 9.00. The maximum Gasteiger partial charge on any atom is 0.317 e. The van der Waals surface area contributed by atoms with Crippen molar-refractivity contribution < 1.29 is 14.7 Å². The molecule has 5 nitrogen and oxygen atoms in total. The molecule has 2 fully saturated rings. The summed E-state index contributed by atoms with van der Waals surface area (Å²) in [6.07, 6.45) is 4.37. The van der Waals surface area contributed by atoms with E-state index in [1.165, 1.54) is 6.42 Å². The lowest BCUT2D eigenvalue weighted by atomic mass is 10.1. The lowest BCUT2D eigenvalue weighted by Gasteiger charge is -2.27. The average Bonchev–Trinajstić information content (AvgIpc) is 3.09. The van der Waals surface area contributed by atoms with Gasteiger partial charge in [0.2, 0.25) is 0 Å². The number of carbonyl (C=O) groups excluding carboxylic acids is 1. The third-order valence-electron chi connectivity index (χ3n) is 3.73. The second kappa shape index (κ2) is 6.03. The fourth-order valence-electron chi connectivity index (χ4n) is 2.39. The highest BCUT2D eigenvalue weighted by atomic mass is 32.2. The number of nitrogens with zero attached hydrogens (tertiary/aromatic N) is 1. The average molecular weight is 286 g/mol. The maximum absolute atomic E-state index is 12.1. The van der Waals surface area contributed by atoms with Crippen LogP contribution < -0.4 is 5.32 Å². The van der Waals surface area contributed by atoms with Crippen LogP contribution in [0.1, 0.15) is 39.0 Å². The Labute approximate surface area is 118 Å². The van der Waals surface area contributed by atoms with Gasteiger partial charge in [-0.3, -0.25) is 4.79 Å². The number of urea groups is 1. The van der Waals surface area contributed by atoms with Crippen molar-refractivity contribution in [3.8, 4) is 0 Å². The van der Waals surface area contributed by atoms with E-state index in [1.807, 2.05) is 11.8 Å².